The van der Waals surface area contributed by atoms with Crippen LogP contribution in [0.1, 0.15) is 39.7 Å². The Kier molecular flexibility index (Phi) is 6.56. The number of nitrogens with zero attached hydrogens (tertiary/aromatic N) is 2. The number of aromatic nitrogens is 2. The standard InChI is InChI=1S/C14H26N4O/c1-5-11-13(15-6-2)16-9-17-14(11)18-12(7-8-19)10(3)4/h9-10,12,19H,5-8H2,1-4H3,(H2,15,16,17,18). The van der Waals surface area contributed by atoms with Crippen LogP contribution in [0.25, 0.3) is 0 Å². The Hall–Kier alpha value is -1.36. The van der Waals surface area contributed by atoms with Crippen molar-refractivity contribution in [3.05, 3.63) is 11.9 Å². The van der Waals surface area contributed by atoms with Crippen LogP contribution in [0.5, 0.6) is 0 Å². The van der Waals surface area contributed by atoms with E-state index in [9.17, 15) is 0 Å². The van der Waals surface area contributed by atoms with Gasteiger partial charge in [-0.2, -0.15) is 0 Å². The summed E-state index contributed by atoms with van der Waals surface area (Å²) in [4.78, 5) is 8.64. The summed E-state index contributed by atoms with van der Waals surface area (Å²) in [6, 6.07) is 0.222. The Morgan fingerprint density at radius 3 is 2.42 bits per heavy atom. The molecule has 5 heteroatoms. The molecule has 19 heavy (non-hydrogen) atoms. The van der Waals surface area contributed by atoms with Gasteiger partial charge in [0.15, 0.2) is 0 Å². The molecular formula is C14H26N4O. The van der Waals surface area contributed by atoms with Crippen molar-refractivity contribution in [2.45, 2.75) is 46.6 Å². The molecule has 0 saturated carbocycles. The highest BCUT2D eigenvalue weighted by Gasteiger charge is 2.16. The van der Waals surface area contributed by atoms with Gasteiger partial charge in [-0.15, -0.1) is 0 Å². The molecule has 0 bridgehead atoms. The molecule has 0 spiro atoms. The smallest absolute Gasteiger partial charge is 0.134 e. The fourth-order valence-electron chi connectivity index (χ4n) is 2.08. The van der Waals surface area contributed by atoms with E-state index in [0.29, 0.717) is 5.92 Å². The number of rotatable bonds is 8. The van der Waals surface area contributed by atoms with Crippen molar-refractivity contribution in [3.63, 3.8) is 0 Å². The molecule has 0 radical (unpaired) electrons. The first-order chi connectivity index (χ1) is 9.13. The maximum absolute atomic E-state index is 9.14. The molecule has 1 atom stereocenters. The summed E-state index contributed by atoms with van der Waals surface area (Å²) in [5.74, 6) is 2.21. The number of hydrogen-bond donors (Lipinski definition) is 3. The lowest BCUT2D eigenvalue weighted by Crippen LogP contribution is -2.28. The van der Waals surface area contributed by atoms with Crippen LogP contribution in [0.4, 0.5) is 11.6 Å². The lowest BCUT2D eigenvalue weighted by Gasteiger charge is -2.24. The Morgan fingerprint density at radius 1 is 1.21 bits per heavy atom. The first-order valence-electron chi connectivity index (χ1n) is 7.09. The zero-order valence-corrected chi connectivity index (χ0v) is 12.4. The van der Waals surface area contributed by atoms with Crippen molar-refractivity contribution in [3.8, 4) is 0 Å². The van der Waals surface area contributed by atoms with E-state index in [2.05, 4.69) is 48.3 Å². The average Bonchev–Trinajstić information content (AvgIpc) is 2.38. The highest BCUT2D eigenvalue weighted by Crippen LogP contribution is 2.22. The second-order valence-corrected chi connectivity index (χ2v) is 4.94. The predicted molar refractivity (Wildman–Crippen MR) is 79.5 cm³/mol. The molecule has 0 aliphatic heterocycles. The van der Waals surface area contributed by atoms with Crippen molar-refractivity contribution < 1.29 is 5.11 Å². The maximum Gasteiger partial charge on any atom is 0.134 e. The SMILES string of the molecule is CCNc1ncnc(NC(CCO)C(C)C)c1CC. The number of aliphatic hydroxyl groups excluding tert-OH is 1. The molecule has 1 heterocycles. The van der Waals surface area contributed by atoms with Crippen molar-refractivity contribution in [1.29, 1.82) is 0 Å². The minimum Gasteiger partial charge on any atom is -0.396 e. The molecular weight excluding hydrogens is 240 g/mol. The Morgan fingerprint density at radius 2 is 1.89 bits per heavy atom. The summed E-state index contributed by atoms with van der Waals surface area (Å²) in [5.41, 5.74) is 1.10. The first-order valence-corrected chi connectivity index (χ1v) is 7.09. The van der Waals surface area contributed by atoms with Crippen LogP contribution in [0.2, 0.25) is 0 Å². The molecule has 1 rings (SSSR count). The fraction of sp³-hybridized carbons (Fsp3) is 0.714. The zero-order chi connectivity index (χ0) is 14.3. The highest BCUT2D eigenvalue weighted by molar-refractivity contribution is 5.57. The third-order valence-corrected chi connectivity index (χ3v) is 3.21. The molecule has 108 valence electrons. The van der Waals surface area contributed by atoms with Crippen LogP contribution in [-0.4, -0.2) is 34.3 Å². The van der Waals surface area contributed by atoms with Crippen LogP contribution in [-0.2, 0) is 6.42 Å². The lowest BCUT2D eigenvalue weighted by atomic mass is 10.0. The molecule has 0 aliphatic carbocycles. The van der Waals surface area contributed by atoms with Crippen LogP contribution in [0, 0.1) is 5.92 Å². The summed E-state index contributed by atoms with van der Waals surface area (Å²) >= 11 is 0. The van der Waals surface area contributed by atoms with E-state index >= 15 is 0 Å². The Balaban J connectivity index is 2.95. The molecule has 1 aromatic rings. The lowest BCUT2D eigenvalue weighted by molar-refractivity contribution is 0.267. The molecule has 3 N–H and O–H groups in total. The number of anilines is 2. The molecule has 0 aromatic carbocycles. The van der Waals surface area contributed by atoms with Gasteiger partial charge in [-0.25, -0.2) is 9.97 Å². The third kappa shape index (κ3) is 4.35. The topological polar surface area (TPSA) is 70.1 Å². The van der Waals surface area contributed by atoms with Crippen molar-refractivity contribution >= 4 is 11.6 Å². The van der Waals surface area contributed by atoms with Gasteiger partial charge in [0, 0.05) is 24.8 Å². The molecule has 0 saturated heterocycles. The van der Waals surface area contributed by atoms with E-state index in [0.717, 1.165) is 36.6 Å². The third-order valence-electron chi connectivity index (χ3n) is 3.21. The summed E-state index contributed by atoms with van der Waals surface area (Å²) in [5, 5.41) is 15.9. The zero-order valence-electron chi connectivity index (χ0n) is 12.4. The molecule has 1 unspecified atom stereocenters. The summed E-state index contributed by atoms with van der Waals surface area (Å²) in [6.45, 7) is 9.46. The second-order valence-electron chi connectivity index (χ2n) is 4.94. The van der Waals surface area contributed by atoms with Gasteiger partial charge in [0.2, 0.25) is 0 Å². The van der Waals surface area contributed by atoms with Gasteiger partial charge in [0.25, 0.3) is 0 Å². The van der Waals surface area contributed by atoms with E-state index in [4.69, 9.17) is 5.11 Å². The average molecular weight is 266 g/mol. The molecule has 0 fully saturated rings. The van der Waals surface area contributed by atoms with E-state index in [1.54, 1.807) is 6.33 Å². The molecule has 0 amide bonds. The van der Waals surface area contributed by atoms with E-state index in [1.807, 2.05) is 0 Å². The second kappa shape index (κ2) is 7.94. The van der Waals surface area contributed by atoms with Gasteiger partial charge in [-0.3, -0.25) is 0 Å². The largest absolute Gasteiger partial charge is 0.396 e. The van der Waals surface area contributed by atoms with E-state index in [1.165, 1.54) is 0 Å². The van der Waals surface area contributed by atoms with Gasteiger partial charge >= 0.3 is 0 Å². The minimum absolute atomic E-state index is 0.183. The number of nitrogens with one attached hydrogen (secondary N) is 2. The van der Waals surface area contributed by atoms with Crippen LogP contribution >= 0.6 is 0 Å². The summed E-state index contributed by atoms with van der Waals surface area (Å²) in [6.07, 6.45) is 3.17. The van der Waals surface area contributed by atoms with Gasteiger partial charge in [-0.05, 0) is 25.7 Å². The van der Waals surface area contributed by atoms with Crippen molar-refractivity contribution in [1.82, 2.24) is 9.97 Å². The fourth-order valence-corrected chi connectivity index (χ4v) is 2.08. The van der Waals surface area contributed by atoms with Gasteiger partial charge in [-0.1, -0.05) is 20.8 Å². The maximum atomic E-state index is 9.14. The summed E-state index contributed by atoms with van der Waals surface area (Å²) < 4.78 is 0. The Bertz CT molecular complexity index is 382. The van der Waals surface area contributed by atoms with E-state index < -0.39 is 0 Å². The number of aliphatic hydroxyl groups is 1. The minimum atomic E-state index is 0.183. The van der Waals surface area contributed by atoms with Crippen LogP contribution < -0.4 is 10.6 Å². The molecule has 1 aromatic heterocycles. The van der Waals surface area contributed by atoms with Gasteiger partial charge in [0.1, 0.15) is 18.0 Å². The van der Waals surface area contributed by atoms with E-state index in [-0.39, 0.29) is 12.6 Å². The van der Waals surface area contributed by atoms with Crippen LogP contribution in [0.3, 0.4) is 0 Å². The first kappa shape index (κ1) is 15.7. The number of hydrogen-bond acceptors (Lipinski definition) is 5. The molecule has 5 nitrogen and oxygen atoms in total. The van der Waals surface area contributed by atoms with Gasteiger partial charge < -0.3 is 15.7 Å². The van der Waals surface area contributed by atoms with Gasteiger partial charge in [0.05, 0.1) is 0 Å². The normalized spacial score (nSPS) is 12.5. The van der Waals surface area contributed by atoms with Crippen LogP contribution in [0.15, 0.2) is 6.33 Å². The summed E-state index contributed by atoms with van der Waals surface area (Å²) in [7, 11) is 0. The molecule has 0 aliphatic rings. The predicted octanol–water partition coefficient (Wildman–Crippen LogP) is 2.29. The highest BCUT2D eigenvalue weighted by atomic mass is 16.3. The quantitative estimate of drug-likeness (QED) is 0.673. The van der Waals surface area contributed by atoms with Crippen molar-refractivity contribution in [2.24, 2.45) is 5.92 Å². The Labute approximate surface area is 115 Å². The monoisotopic (exact) mass is 266 g/mol. The van der Waals surface area contributed by atoms with Crippen molar-refractivity contribution in [2.75, 3.05) is 23.8 Å².